The maximum absolute atomic E-state index is 11.0. The van der Waals surface area contributed by atoms with E-state index in [4.69, 9.17) is 19.7 Å². The Hall–Kier alpha value is -2.42. The van der Waals surface area contributed by atoms with Crippen molar-refractivity contribution in [2.45, 2.75) is 233 Å². The highest BCUT2D eigenvalue weighted by Gasteiger charge is 2.00. The number of hydrogen-bond acceptors (Lipinski definition) is 6. The summed E-state index contributed by atoms with van der Waals surface area (Å²) in [5.41, 5.74) is 0. The molecule has 0 aliphatic rings. The van der Waals surface area contributed by atoms with E-state index in [0.717, 1.165) is 64.5 Å². The molecule has 0 fully saturated rings. The van der Waals surface area contributed by atoms with Gasteiger partial charge in [-0.3, -0.25) is 0 Å². The summed E-state index contributed by atoms with van der Waals surface area (Å²) in [5, 5.41) is 22.5. The zero-order valence-electron chi connectivity index (χ0n) is 37.4. The third-order valence-electron chi connectivity index (χ3n) is 9.31. The van der Waals surface area contributed by atoms with Crippen molar-refractivity contribution in [1.29, 1.82) is 0 Å². The van der Waals surface area contributed by atoms with E-state index in [1.54, 1.807) is 0 Å². The van der Waals surface area contributed by atoms with Crippen LogP contribution in [0.2, 0.25) is 0 Å². The number of aliphatic hydroxyl groups excluding tert-OH is 2. The van der Waals surface area contributed by atoms with Gasteiger partial charge in [0.05, 0.1) is 13.2 Å². The molecule has 0 saturated heterocycles. The second-order valence-corrected chi connectivity index (χ2v) is 14.7. The minimum atomic E-state index is -0.281. The molecule has 0 radical (unpaired) electrons. The average Bonchev–Trinajstić information content (AvgIpc) is 3.19. The van der Waals surface area contributed by atoms with Gasteiger partial charge in [0, 0.05) is 39.1 Å². The van der Waals surface area contributed by atoms with Crippen molar-refractivity contribution in [2.24, 2.45) is 0 Å². The van der Waals surface area contributed by atoms with Crippen molar-refractivity contribution in [1.82, 2.24) is 10.6 Å². The average molecular weight is 793 g/mol. The predicted molar refractivity (Wildman–Crippen MR) is 239 cm³/mol. The standard InChI is InChI=1S/2C18H37NO2.C12H18O2/c2*1-3-5-6-7-8-9-10-11-12-13-14-15-16-17-19-18(20)21-4-2;13-11-9-7-5-3-1-2-4-6-8-10-12-14/h2*3-17H2,1-2H3,(H,19,20);13-14H,5-12H2. The molecule has 0 aromatic carbocycles. The molecule has 2 amide bonds. The van der Waals surface area contributed by atoms with Crippen LogP contribution < -0.4 is 10.6 Å². The van der Waals surface area contributed by atoms with Gasteiger partial charge in [-0.05, 0) is 64.2 Å². The van der Waals surface area contributed by atoms with Crippen molar-refractivity contribution >= 4 is 12.2 Å². The van der Waals surface area contributed by atoms with Crippen LogP contribution in [0, 0.1) is 23.7 Å². The van der Waals surface area contributed by atoms with Gasteiger partial charge >= 0.3 is 12.2 Å². The van der Waals surface area contributed by atoms with Crippen molar-refractivity contribution in [3.63, 3.8) is 0 Å². The number of ether oxygens (including phenoxy) is 2. The molecule has 0 atom stereocenters. The van der Waals surface area contributed by atoms with Gasteiger partial charge < -0.3 is 30.3 Å². The van der Waals surface area contributed by atoms with Crippen LogP contribution in [0.5, 0.6) is 0 Å². The summed E-state index contributed by atoms with van der Waals surface area (Å²) >= 11 is 0. The molecule has 0 spiro atoms. The Bertz CT molecular complexity index is 820. The second kappa shape index (κ2) is 56.9. The number of aliphatic hydroxyl groups is 2. The third-order valence-corrected chi connectivity index (χ3v) is 9.31. The molecule has 8 heteroatoms. The van der Waals surface area contributed by atoms with Crippen LogP contribution in [-0.2, 0) is 9.47 Å². The highest BCUT2D eigenvalue weighted by Crippen LogP contribution is 2.13. The monoisotopic (exact) mass is 793 g/mol. The van der Waals surface area contributed by atoms with Gasteiger partial charge in [-0.2, -0.15) is 0 Å². The molecule has 56 heavy (non-hydrogen) atoms. The van der Waals surface area contributed by atoms with Crippen LogP contribution in [0.3, 0.4) is 0 Å². The van der Waals surface area contributed by atoms with E-state index in [0.29, 0.717) is 13.2 Å². The predicted octanol–water partition coefficient (Wildman–Crippen LogP) is 13.0. The van der Waals surface area contributed by atoms with E-state index >= 15 is 0 Å². The quantitative estimate of drug-likeness (QED) is 0.0371. The Kier molecular flexibility index (Phi) is 58.8. The molecular formula is C48H92N2O6. The molecule has 8 nitrogen and oxygen atoms in total. The van der Waals surface area contributed by atoms with E-state index in [2.05, 4.69) is 48.2 Å². The molecule has 0 aromatic rings. The van der Waals surface area contributed by atoms with Crippen molar-refractivity contribution in [3.8, 4) is 23.7 Å². The van der Waals surface area contributed by atoms with Crippen LogP contribution in [0.1, 0.15) is 233 Å². The molecule has 0 bridgehead atoms. The topological polar surface area (TPSA) is 117 Å². The van der Waals surface area contributed by atoms with Crippen LogP contribution in [0.4, 0.5) is 9.59 Å². The lowest BCUT2D eigenvalue weighted by molar-refractivity contribution is 0.151. The van der Waals surface area contributed by atoms with Gasteiger partial charge in [0.15, 0.2) is 0 Å². The molecule has 0 rings (SSSR count). The Morgan fingerprint density at radius 1 is 0.393 bits per heavy atom. The van der Waals surface area contributed by atoms with E-state index in [1.165, 1.54) is 154 Å². The van der Waals surface area contributed by atoms with E-state index < -0.39 is 0 Å². The molecule has 0 heterocycles. The molecule has 0 aromatic heterocycles. The zero-order chi connectivity index (χ0) is 41.7. The lowest BCUT2D eigenvalue weighted by Crippen LogP contribution is -2.25. The smallest absolute Gasteiger partial charge is 0.407 e. The van der Waals surface area contributed by atoms with E-state index in [-0.39, 0.29) is 25.4 Å². The largest absolute Gasteiger partial charge is 0.450 e. The maximum Gasteiger partial charge on any atom is 0.407 e. The normalized spacial score (nSPS) is 10.0. The van der Waals surface area contributed by atoms with Crippen molar-refractivity contribution in [2.75, 3.05) is 39.5 Å². The first kappa shape index (κ1) is 57.9. The molecule has 4 N–H and O–H groups in total. The number of rotatable bonds is 36. The Morgan fingerprint density at radius 2 is 0.661 bits per heavy atom. The third kappa shape index (κ3) is 60.8. The lowest BCUT2D eigenvalue weighted by atomic mass is 10.0. The fourth-order valence-corrected chi connectivity index (χ4v) is 5.89. The fraction of sp³-hybridized carbons (Fsp3) is 0.875. The van der Waals surface area contributed by atoms with Gasteiger partial charge in [0.25, 0.3) is 0 Å². The van der Waals surface area contributed by atoms with Gasteiger partial charge in [-0.1, -0.05) is 180 Å². The van der Waals surface area contributed by atoms with Crippen LogP contribution >= 0.6 is 0 Å². The number of carbonyl (C=O) groups is 2. The summed E-state index contributed by atoms with van der Waals surface area (Å²) in [6.45, 7) is 11.1. The minimum Gasteiger partial charge on any atom is -0.450 e. The summed E-state index contributed by atoms with van der Waals surface area (Å²) in [5.74, 6) is 11.4. The summed E-state index contributed by atoms with van der Waals surface area (Å²) in [6, 6.07) is 0. The number of unbranched alkanes of at least 4 members (excludes halogenated alkanes) is 28. The van der Waals surface area contributed by atoms with Gasteiger partial charge in [-0.15, -0.1) is 0 Å². The van der Waals surface area contributed by atoms with E-state index in [9.17, 15) is 9.59 Å². The lowest BCUT2D eigenvalue weighted by Gasteiger charge is -2.05. The molecule has 0 unspecified atom stereocenters. The van der Waals surface area contributed by atoms with E-state index in [1.807, 2.05) is 13.8 Å². The Morgan fingerprint density at radius 3 is 0.911 bits per heavy atom. The summed E-state index contributed by atoms with van der Waals surface area (Å²) < 4.78 is 9.61. The number of alkyl carbamates (subject to hydrolysis) is 2. The van der Waals surface area contributed by atoms with Crippen LogP contribution in [0.25, 0.3) is 0 Å². The number of hydrogen-bond donors (Lipinski definition) is 4. The van der Waals surface area contributed by atoms with Crippen molar-refractivity contribution in [3.05, 3.63) is 0 Å². The summed E-state index contributed by atoms with van der Waals surface area (Å²) in [6.07, 6.45) is 39.7. The molecule has 0 aliphatic heterocycles. The van der Waals surface area contributed by atoms with Gasteiger partial charge in [0.2, 0.25) is 0 Å². The minimum absolute atomic E-state index is 0.245. The number of nitrogens with one attached hydrogen (secondary N) is 2. The Balaban J connectivity index is -0.000000770. The first-order chi connectivity index (χ1) is 27.5. The molecule has 330 valence electrons. The van der Waals surface area contributed by atoms with Gasteiger partial charge in [0.1, 0.15) is 0 Å². The SMILES string of the molecule is CCCCCCCCCCCCCCCNC(=O)OCC.CCCCCCCCCCCCCCCNC(=O)OCC.OCCCCC#CC#CCCCCO. The summed E-state index contributed by atoms with van der Waals surface area (Å²) in [7, 11) is 0. The summed E-state index contributed by atoms with van der Waals surface area (Å²) in [4.78, 5) is 22.1. The van der Waals surface area contributed by atoms with Crippen molar-refractivity contribution < 1.29 is 29.3 Å². The van der Waals surface area contributed by atoms with Crippen LogP contribution in [0.15, 0.2) is 0 Å². The second-order valence-electron chi connectivity index (χ2n) is 14.7. The fourth-order valence-electron chi connectivity index (χ4n) is 5.89. The zero-order valence-corrected chi connectivity index (χ0v) is 37.4. The highest BCUT2D eigenvalue weighted by molar-refractivity contribution is 5.67. The first-order valence-electron chi connectivity index (χ1n) is 23.5. The molecule has 0 aliphatic carbocycles. The van der Waals surface area contributed by atoms with Gasteiger partial charge in [-0.25, -0.2) is 9.59 Å². The maximum atomic E-state index is 11.0. The van der Waals surface area contributed by atoms with Crippen LogP contribution in [-0.4, -0.2) is 61.9 Å². The Labute approximate surface area is 347 Å². The highest BCUT2D eigenvalue weighted by atomic mass is 16.6. The first-order valence-corrected chi connectivity index (χ1v) is 23.5. The molecular weight excluding hydrogens is 701 g/mol. The number of carbonyl (C=O) groups excluding carboxylic acids is 2. The molecule has 0 saturated carbocycles. The number of amides is 2.